The van der Waals surface area contributed by atoms with Gasteiger partial charge in [0.05, 0.1) is 10.3 Å². The van der Waals surface area contributed by atoms with Gasteiger partial charge in [0.25, 0.3) is 0 Å². The molecule has 0 saturated heterocycles. The van der Waals surface area contributed by atoms with Crippen LogP contribution in [0.2, 0.25) is 0 Å². The van der Waals surface area contributed by atoms with Crippen LogP contribution >= 0.6 is 11.3 Å². The van der Waals surface area contributed by atoms with Gasteiger partial charge in [-0.15, -0.1) is 11.3 Å². The summed E-state index contributed by atoms with van der Waals surface area (Å²) in [5.74, 6) is 1.75. The molecule has 0 bridgehead atoms. The molecular weight excluding hydrogens is 585 g/mol. The minimum Gasteiger partial charge on any atom is -0.456 e. The molecule has 214 valence electrons. The number of hydrogen-bond acceptors (Lipinski definition) is 6. The van der Waals surface area contributed by atoms with Gasteiger partial charge in [0.2, 0.25) is 0 Å². The van der Waals surface area contributed by atoms with Crippen LogP contribution in [-0.4, -0.2) is 15.0 Å². The van der Waals surface area contributed by atoms with Crippen molar-refractivity contribution in [2.24, 2.45) is 0 Å². The van der Waals surface area contributed by atoms with Crippen LogP contribution in [0.1, 0.15) is 5.56 Å². The second-order valence-corrected chi connectivity index (χ2v) is 12.2. The molecule has 0 radical (unpaired) electrons. The van der Waals surface area contributed by atoms with Crippen LogP contribution in [0.25, 0.3) is 87.4 Å². The summed E-state index contributed by atoms with van der Waals surface area (Å²) in [6.45, 7) is 0. The van der Waals surface area contributed by atoms with E-state index < -0.39 is 0 Å². The third kappa shape index (κ3) is 4.26. The van der Waals surface area contributed by atoms with Crippen LogP contribution in [0.3, 0.4) is 0 Å². The van der Waals surface area contributed by atoms with Crippen molar-refractivity contribution in [2.45, 2.75) is 0 Å². The fourth-order valence-corrected chi connectivity index (χ4v) is 7.40. The van der Waals surface area contributed by atoms with Gasteiger partial charge < -0.3 is 4.42 Å². The normalized spacial score (nSPS) is 11.5. The van der Waals surface area contributed by atoms with Crippen molar-refractivity contribution in [1.82, 2.24) is 15.0 Å². The van der Waals surface area contributed by atoms with Gasteiger partial charge in [-0.25, -0.2) is 15.0 Å². The zero-order chi connectivity index (χ0) is 30.6. The summed E-state index contributed by atoms with van der Waals surface area (Å²) in [5, 5.41) is 14.0. The molecule has 5 nitrogen and oxygen atoms in total. The first-order valence-electron chi connectivity index (χ1n) is 14.9. The molecular formula is C40H22N4OS. The molecule has 3 heterocycles. The highest BCUT2D eigenvalue weighted by molar-refractivity contribution is 7.26. The van der Waals surface area contributed by atoms with Gasteiger partial charge in [0, 0.05) is 42.9 Å². The Morgan fingerprint density at radius 2 is 1.17 bits per heavy atom. The lowest BCUT2D eigenvalue weighted by Gasteiger charge is -2.09. The summed E-state index contributed by atoms with van der Waals surface area (Å²) < 4.78 is 8.48. The number of rotatable bonds is 4. The quantitative estimate of drug-likeness (QED) is 0.199. The number of thiophene rings is 1. The minimum absolute atomic E-state index is 0.567. The predicted molar refractivity (Wildman–Crippen MR) is 186 cm³/mol. The summed E-state index contributed by atoms with van der Waals surface area (Å²) in [5.41, 5.74) is 7.22. The molecule has 6 heteroatoms. The number of benzene rings is 6. The summed E-state index contributed by atoms with van der Waals surface area (Å²) in [4.78, 5) is 14.9. The Bertz CT molecular complexity index is 2650. The Balaban J connectivity index is 1.22. The predicted octanol–water partition coefficient (Wildman–Crippen LogP) is 10.7. The summed E-state index contributed by atoms with van der Waals surface area (Å²) >= 11 is 1.62. The fourth-order valence-electron chi connectivity index (χ4n) is 6.20. The van der Waals surface area contributed by atoms with Gasteiger partial charge in [-0.2, -0.15) is 5.26 Å². The van der Waals surface area contributed by atoms with Crippen LogP contribution in [0.5, 0.6) is 0 Å². The van der Waals surface area contributed by atoms with Crippen molar-refractivity contribution in [2.75, 3.05) is 0 Å². The Labute approximate surface area is 267 Å². The highest BCUT2D eigenvalue weighted by Gasteiger charge is 2.17. The van der Waals surface area contributed by atoms with E-state index in [4.69, 9.17) is 19.4 Å². The molecule has 9 rings (SSSR count). The molecule has 0 fully saturated rings. The number of furan rings is 1. The molecule has 0 unspecified atom stereocenters. The molecule has 0 amide bonds. The topological polar surface area (TPSA) is 75.6 Å². The Morgan fingerprint density at radius 3 is 1.91 bits per heavy atom. The first kappa shape index (κ1) is 26.3. The molecule has 9 aromatic rings. The number of nitriles is 1. The maximum atomic E-state index is 9.67. The lowest BCUT2D eigenvalue weighted by molar-refractivity contribution is 0.669. The van der Waals surface area contributed by atoms with Gasteiger partial charge in [0.15, 0.2) is 17.5 Å². The number of hydrogen-bond donors (Lipinski definition) is 0. The summed E-state index contributed by atoms with van der Waals surface area (Å²) in [6, 6.07) is 47.2. The first-order chi connectivity index (χ1) is 22.7. The average molecular weight is 607 g/mol. The molecule has 0 atom stereocenters. The van der Waals surface area contributed by atoms with Crippen molar-refractivity contribution in [1.29, 1.82) is 5.26 Å². The number of aromatic nitrogens is 3. The lowest BCUT2D eigenvalue weighted by Crippen LogP contribution is -2.00. The summed E-state index contributed by atoms with van der Waals surface area (Å²) in [7, 11) is 0. The van der Waals surface area contributed by atoms with Crippen LogP contribution in [-0.2, 0) is 0 Å². The van der Waals surface area contributed by atoms with E-state index in [2.05, 4.69) is 72.8 Å². The van der Waals surface area contributed by atoms with E-state index in [1.165, 1.54) is 0 Å². The van der Waals surface area contributed by atoms with Crippen molar-refractivity contribution < 1.29 is 4.42 Å². The van der Waals surface area contributed by atoms with Crippen LogP contribution in [0.4, 0.5) is 0 Å². The van der Waals surface area contributed by atoms with Crippen molar-refractivity contribution in [3.05, 3.63) is 139 Å². The lowest BCUT2D eigenvalue weighted by atomic mass is 9.99. The molecule has 3 aromatic heterocycles. The SMILES string of the molecule is N#Cc1cccc2c1sc1cc(-c3nc(-c4ccccc4)nc(-c4ccc5c(c4)oc4cccc(-c6ccccc6)c45)n3)ccc12. The van der Waals surface area contributed by atoms with Crippen molar-refractivity contribution in [3.63, 3.8) is 0 Å². The second kappa shape index (κ2) is 10.5. The van der Waals surface area contributed by atoms with Gasteiger partial charge in [0.1, 0.15) is 17.2 Å². The van der Waals surface area contributed by atoms with E-state index >= 15 is 0 Å². The average Bonchev–Trinajstić information content (AvgIpc) is 3.70. The highest BCUT2D eigenvalue weighted by Crippen LogP contribution is 2.40. The Hall–Kier alpha value is -6.16. The van der Waals surface area contributed by atoms with Gasteiger partial charge >= 0.3 is 0 Å². The zero-order valence-corrected chi connectivity index (χ0v) is 25.1. The third-order valence-electron chi connectivity index (χ3n) is 8.38. The molecule has 0 spiro atoms. The Kier molecular flexibility index (Phi) is 5.98. The van der Waals surface area contributed by atoms with E-state index in [1.807, 2.05) is 66.7 Å². The standard InChI is InChI=1S/C40H22N4OS/c41-23-28-13-7-15-31-30-19-17-27(22-35(30)46-37(28)31)40-43-38(25-11-5-2-6-12-25)42-39(44-40)26-18-20-32-34(21-26)45-33-16-8-14-29(36(32)33)24-9-3-1-4-10-24/h1-22H. The van der Waals surface area contributed by atoms with E-state index in [1.54, 1.807) is 11.3 Å². The molecule has 6 aromatic carbocycles. The first-order valence-corrected chi connectivity index (χ1v) is 15.7. The summed E-state index contributed by atoms with van der Waals surface area (Å²) in [6.07, 6.45) is 0. The molecule has 0 saturated carbocycles. The maximum absolute atomic E-state index is 9.67. The van der Waals surface area contributed by atoms with Crippen molar-refractivity contribution >= 4 is 53.4 Å². The van der Waals surface area contributed by atoms with Crippen LogP contribution in [0.15, 0.2) is 138 Å². The molecule has 0 aliphatic heterocycles. The van der Waals surface area contributed by atoms with E-state index in [9.17, 15) is 5.26 Å². The van der Waals surface area contributed by atoms with E-state index in [0.717, 1.165) is 69.9 Å². The van der Waals surface area contributed by atoms with E-state index in [-0.39, 0.29) is 0 Å². The highest BCUT2D eigenvalue weighted by atomic mass is 32.1. The Morgan fingerprint density at radius 1 is 0.522 bits per heavy atom. The molecule has 0 aliphatic rings. The molecule has 0 aliphatic carbocycles. The van der Waals surface area contributed by atoms with Crippen molar-refractivity contribution in [3.8, 4) is 51.4 Å². The maximum Gasteiger partial charge on any atom is 0.164 e. The van der Waals surface area contributed by atoms with Crippen LogP contribution in [0, 0.1) is 11.3 Å². The largest absolute Gasteiger partial charge is 0.456 e. The monoisotopic (exact) mass is 606 g/mol. The zero-order valence-electron chi connectivity index (χ0n) is 24.3. The third-order valence-corrected chi connectivity index (χ3v) is 9.59. The second-order valence-electron chi connectivity index (χ2n) is 11.1. The molecule has 46 heavy (non-hydrogen) atoms. The fraction of sp³-hybridized carbons (Fsp3) is 0. The minimum atomic E-state index is 0.567. The van der Waals surface area contributed by atoms with Gasteiger partial charge in [-0.1, -0.05) is 103 Å². The smallest absolute Gasteiger partial charge is 0.164 e. The van der Waals surface area contributed by atoms with E-state index in [0.29, 0.717) is 23.0 Å². The van der Waals surface area contributed by atoms with Gasteiger partial charge in [-0.05, 0) is 41.5 Å². The number of nitrogens with zero attached hydrogens (tertiary/aromatic N) is 4. The van der Waals surface area contributed by atoms with Gasteiger partial charge in [-0.3, -0.25) is 0 Å². The van der Waals surface area contributed by atoms with Crippen LogP contribution < -0.4 is 0 Å². The molecule has 0 N–H and O–H groups in total. The number of fused-ring (bicyclic) bond motifs is 6.